The van der Waals surface area contributed by atoms with Crippen LogP contribution < -0.4 is 0 Å². The van der Waals surface area contributed by atoms with Gasteiger partial charge in [0.15, 0.2) is 11.5 Å². The smallest absolute Gasteiger partial charge is 0.313 e. The van der Waals surface area contributed by atoms with Crippen molar-refractivity contribution in [1.29, 1.82) is 0 Å². The Morgan fingerprint density at radius 1 is 0.953 bits per heavy atom. The number of carboxylic acids is 1. The van der Waals surface area contributed by atoms with Crippen molar-refractivity contribution in [2.75, 3.05) is 11.5 Å². The van der Waals surface area contributed by atoms with Crippen molar-refractivity contribution in [1.82, 2.24) is 19.8 Å². The minimum atomic E-state index is -1.03. The van der Waals surface area contributed by atoms with E-state index >= 15 is 0 Å². The molecule has 2 N–H and O–H groups in total. The molecule has 9 nitrogen and oxygen atoms in total. The minimum Gasteiger partial charge on any atom is -0.481 e. The molecule has 0 saturated carbocycles. The van der Waals surface area contributed by atoms with Crippen LogP contribution >= 0.6 is 23.5 Å². The number of nitrogens with zero attached hydrogens (tertiary/aromatic N) is 4. The van der Waals surface area contributed by atoms with Crippen molar-refractivity contribution in [3.05, 3.63) is 34.0 Å². The Morgan fingerprint density at radius 3 is 2.07 bits per heavy atom. The highest BCUT2D eigenvalue weighted by Crippen LogP contribution is 2.37. The second-order valence-corrected chi connectivity index (χ2v) is 14.4. The lowest BCUT2D eigenvalue weighted by Crippen LogP contribution is -2.13. The van der Waals surface area contributed by atoms with Crippen molar-refractivity contribution in [3.63, 3.8) is 0 Å². The third kappa shape index (κ3) is 11.2. The predicted octanol–water partition coefficient (Wildman–Crippen LogP) is 9.68. The number of nitrogens with one attached hydrogen (secondary N) is 1. The summed E-state index contributed by atoms with van der Waals surface area (Å²) in [5, 5.41) is 28.7. The predicted molar refractivity (Wildman–Crippen MR) is 178 cm³/mol. The number of aromatic amines is 1. The van der Waals surface area contributed by atoms with Crippen LogP contribution in [0.3, 0.4) is 0 Å². The van der Waals surface area contributed by atoms with Gasteiger partial charge in [-0.25, -0.2) is 4.98 Å². The molecule has 0 bridgehead atoms. The number of thioether (sulfide) groups is 2. The van der Waals surface area contributed by atoms with E-state index in [0.29, 0.717) is 16.3 Å². The Labute approximate surface area is 264 Å². The Morgan fingerprint density at radius 2 is 1.53 bits per heavy atom. The van der Waals surface area contributed by atoms with Crippen LogP contribution in [0, 0.1) is 10.1 Å². The monoisotopic (exact) mass is 631 g/mol. The summed E-state index contributed by atoms with van der Waals surface area (Å²) in [6.07, 6.45) is 18.8. The van der Waals surface area contributed by atoms with E-state index in [9.17, 15) is 14.9 Å². The molecule has 0 amide bonds. The summed E-state index contributed by atoms with van der Waals surface area (Å²) < 4.78 is 1.67. The van der Waals surface area contributed by atoms with E-state index in [1.807, 2.05) is 0 Å². The molecule has 43 heavy (non-hydrogen) atoms. The van der Waals surface area contributed by atoms with E-state index in [-0.39, 0.29) is 16.9 Å². The van der Waals surface area contributed by atoms with Gasteiger partial charge in [-0.1, -0.05) is 111 Å². The highest BCUT2D eigenvalue weighted by atomic mass is 32.2. The summed E-state index contributed by atoms with van der Waals surface area (Å²) in [7, 11) is 0. The van der Waals surface area contributed by atoms with E-state index < -0.39 is 10.9 Å². The quantitative estimate of drug-likeness (QED) is 0.0515. The fourth-order valence-corrected chi connectivity index (χ4v) is 7.14. The Bertz CT molecular complexity index is 1320. The molecule has 1 aromatic carbocycles. The SMILES string of the molecule is CCCCCCCCCCCCCCCCSc1c(C(C)(C)C)[nH]n2nc(-c3ccc(SCC(=O)O)c([N+](=O)[O-])c3)nc12. The lowest BCUT2D eigenvalue weighted by Gasteiger charge is -2.18. The van der Waals surface area contributed by atoms with Gasteiger partial charge in [-0.15, -0.1) is 28.6 Å². The number of hydrogen-bond acceptors (Lipinski definition) is 7. The fraction of sp³-hybridized carbons (Fsp3) is 0.656. The number of carbonyl (C=O) groups is 1. The van der Waals surface area contributed by atoms with Gasteiger partial charge in [-0.3, -0.25) is 20.0 Å². The van der Waals surface area contributed by atoms with Crippen molar-refractivity contribution < 1.29 is 14.8 Å². The second kappa shape index (κ2) is 17.7. The van der Waals surface area contributed by atoms with Crippen LogP contribution in [0.2, 0.25) is 0 Å². The van der Waals surface area contributed by atoms with E-state index in [0.717, 1.165) is 40.2 Å². The first kappa shape index (κ1) is 35.0. The van der Waals surface area contributed by atoms with Crippen LogP contribution in [-0.2, 0) is 10.2 Å². The van der Waals surface area contributed by atoms with Crippen molar-refractivity contribution in [2.24, 2.45) is 0 Å². The van der Waals surface area contributed by atoms with Crippen molar-refractivity contribution in [3.8, 4) is 11.4 Å². The third-order valence-electron chi connectivity index (χ3n) is 7.51. The number of aliphatic carboxylic acids is 1. The number of nitro benzene ring substituents is 1. The number of hydrogen-bond donors (Lipinski definition) is 2. The maximum Gasteiger partial charge on any atom is 0.313 e. The number of fused-ring (bicyclic) bond motifs is 1. The topological polar surface area (TPSA) is 126 Å². The highest BCUT2D eigenvalue weighted by Gasteiger charge is 2.26. The Hall–Kier alpha value is -2.53. The second-order valence-electron chi connectivity index (χ2n) is 12.3. The first-order valence-electron chi connectivity index (χ1n) is 15.9. The molecule has 3 aromatic rings. The average Bonchev–Trinajstić information content (AvgIpc) is 3.53. The number of nitro groups is 1. The molecule has 0 fully saturated rings. The van der Waals surface area contributed by atoms with Gasteiger partial charge < -0.3 is 5.11 Å². The number of unbranched alkanes of at least 4 members (excludes halogenated alkanes) is 13. The van der Waals surface area contributed by atoms with Crippen LogP contribution in [0.1, 0.15) is 123 Å². The maximum atomic E-state index is 11.7. The summed E-state index contributed by atoms with van der Waals surface area (Å²) >= 11 is 2.73. The molecule has 0 radical (unpaired) electrons. The van der Waals surface area contributed by atoms with Crippen LogP contribution in [-0.4, -0.2) is 47.3 Å². The molecule has 0 atom stereocenters. The zero-order valence-electron chi connectivity index (χ0n) is 26.3. The molecule has 0 unspecified atom stereocenters. The van der Waals surface area contributed by atoms with E-state index in [1.54, 1.807) is 28.5 Å². The number of aromatic nitrogens is 4. The molecule has 0 aliphatic heterocycles. The van der Waals surface area contributed by atoms with Gasteiger partial charge >= 0.3 is 5.97 Å². The van der Waals surface area contributed by atoms with E-state index in [4.69, 9.17) is 10.1 Å². The van der Waals surface area contributed by atoms with Gasteiger partial charge in [-0.05, 0) is 24.3 Å². The molecule has 11 heteroatoms. The van der Waals surface area contributed by atoms with Gasteiger partial charge in [0, 0.05) is 17.0 Å². The molecule has 2 heterocycles. The Balaban J connectivity index is 1.53. The molecule has 0 saturated heterocycles. The van der Waals surface area contributed by atoms with Gasteiger partial charge in [-0.2, -0.15) is 4.63 Å². The standard InChI is InChI=1S/C32H49N5O4S2/c1-5-6-7-8-9-10-11-12-13-14-15-16-17-18-21-42-28-29(32(2,3)4)34-36-31(28)33-30(35-36)24-19-20-26(43-23-27(38)39)25(22-24)37(40)41/h19-20,22,34H,5-18,21,23H2,1-4H3,(H,38,39). The number of rotatable bonds is 21. The number of H-pyrrole nitrogens is 1. The number of carboxylic acid groups (broad SMARTS) is 1. The number of benzene rings is 1. The van der Waals surface area contributed by atoms with Crippen LogP contribution in [0.5, 0.6) is 0 Å². The lowest BCUT2D eigenvalue weighted by atomic mass is 9.92. The molecule has 238 valence electrons. The van der Waals surface area contributed by atoms with Crippen molar-refractivity contribution >= 4 is 40.8 Å². The van der Waals surface area contributed by atoms with Gasteiger partial charge in [0.1, 0.15) is 0 Å². The largest absolute Gasteiger partial charge is 0.481 e. The molecule has 3 rings (SSSR count). The molecular weight excluding hydrogens is 583 g/mol. The van der Waals surface area contributed by atoms with E-state index in [1.165, 1.54) is 89.5 Å². The summed E-state index contributed by atoms with van der Waals surface area (Å²) in [6, 6.07) is 4.70. The normalized spacial score (nSPS) is 11.9. The lowest BCUT2D eigenvalue weighted by molar-refractivity contribution is -0.387. The molecule has 0 aliphatic rings. The van der Waals surface area contributed by atoms with Crippen molar-refractivity contribution in [2.45, 2.75) is 133 Å². The Kier molecular flexibility index (Phi) is 14.4. The minimum absolute atomic E-state index is 0.123. The first-order chi connectivity index (χ1) is 20.6. The van der Waals surface area contributed by atoms with Crippen LogP contribution in [0.15, 0.2) is 28.0 Å². The molecule has 0 aliphatic carbocycles. The van der Waals surface area contributed by atoms with E-state index in [2.05, 4.69) is 37.9 Å². The van der Waals surface area contributed by atoms with Crippen LogP contribution in [0.4, 0.5) is 5.69 Å². The molecular formula is C32H49N5O4S2. The van der Waals surface area contributed by atoms with Gasteiger partial charge in [0.2, 0.25) is 0 Å². The zero-order valence-corrected chi connectivity index (χ0v) is 28.0. The van der Waals surface area contributed by atoms with Gasteiger partial charge in [0.25, 0.3) is 5.69 Å². The summed E-state index contributed by atoms with van der Waals surface area (Å²) in [4.78, 5) is 28.3. The summed E-state index contributed by atoms with van der Waals surface area (Å²) in [6.45, 7) is 8.75. The summed E-state index contributed by atoms with van der Waals surface area (Å²) in [5.74, 6) is 0.115. The maximum absolute atomic E-state index is 11.7. The molecule has 0 spiro atoms. The molecule has 2 aromatic heterocycles. The third-order valence-corrected chi connectivity index (χ3v) is 9.73. The fourth-order valence-electron chi connectivity index (χ4n) is 5.10. The zero-order chi connectivity index (χ0) is 31.2. The first-order valence-corrected chi connectivity index (χ1v) is 17.8. The summed E-state index contributed by atoms with van der Waals surface area (Å²) in [5.41, 5.74) is 2.05. The average molecular weight is 632 g/mol. The highest BCUT2D eigenvalue weighted by molar-refractivity contribution is 8.00. The van der Waals surface area contributed by atoms with Gasteiger partial charge in [0.05, 0.1) is 26.2 Å². The van der Waals surface area contributed by atoms with Crippen LogP contribution in [0.25, 0.3) is 17.0 Å².